The van der Waals surface area contributed by atoms with Crippen LogP contribution in [-0.4, -0.2) is 4.57 Å². The van der Waals surface area contributed by atoms with Gasteiger partial charge in [-0.3, -0.25) is 0 Å². The van der Waals surface area contributed by atoms with Crippen LogP contribution in [0.1, 0.15) is 0 Å². The molecule has 0 fully saturated rings. The smallest absolute Gasteiger partial charge is 0.0541 e. The Bertz CT molecular complexity index is 3460. The van der Waals surface area contributed by atoms with Crippen molar-refractivity contribution in [3.8, 4) is 39.1 Å². The summed E-state index contributed by atoms with van der Waals surface area (Å²) in [7, 11) is 0. The molecule has 11 aromatic carbocycles. The number of anilines is 3. The molecule has 60 heavy (non-hydrogen) atoms. The van der Waals surface area contributed by atoms with Gasteiger partial charge >= 0.3 is 0 Å². The van der Waals surface area contributed by atoms with Crippen molar-refractivity contribution in [1.82, 2.24) is 4.57 Å². The number of hydrogen-bond donors (Lipinski definition) is 0. The van der Waals surface area contributed by atoms with Crippen molar-refractivity contribution in [1.29, 1.82) is 0 Å². The second kappa shape index (κ2) is 13.9. The Balaban J connectivity index is 1.06. The van der Waals surface area contributed by atoms with Gasteiger partial charge in [-0.25, -0.2) is 0 Å². The summed E-state index contributed by atoms with van der Waals surface area (Å²) in [6.45, 7) is 0. The maximum absolute atomic E-state index is 2.45. The molecule has 2 nitrogen and oxygen atoms in total. The number of para-hydroxylation sites is 2. The van der Waals surface area contributed by atoms with Crippen LogP contribution in [0.5, 0.6) is 0 Å². The van der Waals surface area contributed by atoms with Gasteiger partial charge in [0, 0.05) is 32.9 Å². The Morgan fingerprint density at radius 2 is 0.750 bits per heavy atom. The van der Waals surface area contributed by atoms with Gasteiger partial charge in [-0.2, -0.15) is 0 Å². The number of aromatic nitrogens is 1. The molecule has 12 rings (SSSR count). The molecule has 0 saturated carbocycles. The third-order valence-corrected chi connectivity index (χ3v) is 12.3. The highest BCUT2D eigenvalue weighted by atomic mass is 15.1. The molecule has 0 atom stereocenters. The van der Waals surface area contributed by atoms with Gasteiger partial charge in [0.1, 0.15) is 0 Å². The van der Waals surface area contributed by atoms with E-state index >= 15 is 0 Å². The third-order valence-electron chi connectivity index (χ3n) is 12.3. The average molecular weight is 763 g/mol. The molecular weight excluding hydrogens is 725 g/mol. The molecule has 0 saturated heterocycles. The second-order valence-corrected chi connectivity index (χ2v) is 15.7. The van der Waals surface area contributed by atoms with E-state index in [1.807, 2.05) is 0 Å². The molecule has 280 valence electrons. The first-order chi connectivity index (χ1) is 29.8. The highest BCUT2D eigenvalue weighted by Crippen LogP contribution is 2.46. The lowest BCUT2D eigenvalue weighted by Gasteiger charge is -2.28. The molecule has 0 N–H and O–H groups in total. The van der Waals surface area contributed by atoms with E-state index in [2.05, 4.69) is 240 Å². The SMILES string of the molecule is c1ccc(-c2ccc(-c3cccc(N(c4ccc(-c5ccccc5)cc4)c4ccc5ccc6c(-n7c8ccccc8c8ccccc87)ccc7ccc4c5c76)c3)cc2)cc1. The van der Waals surface area contributed by atoms with Crippen molar-refractivity contribution >= 4 is 71.2 Å². The minimum atomic E-state index is 1.10. The molecule has 0 aliphatic heterocycles. The molecule has 2 heteroatoms. The molecule has 0 aliphatic carbocycles. The summed E-state index contributed by atoms with van der Waals surface area (Å²) in [5, 5.41) is 10.0. The summed E-state index contributed by atoms with van der Waals surface area (Å²) in [5.74, 6) is 0. The molecule has 1 heterocycles. The summed E-state index contributed by atoms with van der Waals surface area (Å²) in [5.41, 5.74) is 14.2. The zero-order valence-corrected chi connectivity index (χ0v) is 32.8. The normalized spacial score (nSPS) is 11.7. The third kappa shape index (κ3) is 5.50. The number of nitrogens with zero attached hydrogens (tertiary/aromatic N) is 2. The second-order valence-electron chi connectivity index (χ2n) is 15.7. The summed E-state index contributed by atoms with van der Waals surface area (Å²) < 4.78 is 2.45. The molecule has 0 spiro atoms. The maximum atomic E-state index is 2.45. The van der Waals surface area contributed by atoms with Crippen LogP contribution >= 0.6 is 0 Å². The van der Waals surface area contributed by atoms with E-state index < -0.39 is 0 Å². The standard InChI is InChI=1S/C58H38N2/c1-3-12-39(13-4-1)41-22-24-43(25-23-41)46-16-11-17-48(38-46)59(47-32-26-42(27-33-47)40-14-5-2-6-15-40)55-36-30-44-29-35-52-56(37-31-45-28-34-51(55)57(44)58(45)52)60-53-20-9-7-18-49(53)50-19-8-10-21-54(50)60/h1-38H. The van der Waals surface area contributed by atoms with E-state index in [1.54, 1.807) is 0 Å². The Labute approximate surface area is 348 Å². The average Bonchev–Trinajstić information content (AvgIpc) is 3.66. The van der Waals surface area contributed by atoms with Gasteiger partial charge in [-0.15, -0.1) is 0 Å². The van der Waals surface area contributed by atoms with Crippen LogP contribution in [-0.2, 0) is 0 Å². The Morgan fingerprint density at radius 1 is 0.283 bits per heavy atom. The van der Waals surface area contributed by atoms with Gasteiger partial charge in [0.25, 0.3) is 0 Å². The van der Waals surface area contributed by atoms with Crippen molar-refractivity contribution in [3.63, 3.8) is 0 Å². The molecular formula is C58H38N2. The van der Waals surface area contributed by atoms with Crippen LogP contribution in [0.3, 0.4) is 0 Å². The monoisotopic (exact) mass is 762 g/mol. The first-order valence-corrected chi connectivity index (χ1v) is 20.7. The molecule has 0 radical (unpaired) electrons. The van der Waals surface area contributed by atoms with Crippen molar-refractivity contribution in [2.45, 2.75) is 0 Å². The summed E-state index contributed by atoms with van der Waals surface area (Å²) >= 11 is 0. The van der Waals surface area contributed by atoms with Crippen molar-refractivity contribution < 1.29 is 0 Å². The lowest BCUT2D eigenvalue weighted by Crippen LogP contribution is -2.11. The minimum Gasteiger partial charge on any atom is -0.310 e. The summed E-state index contributed by atoms with van der Waals surface area (Å²) in [4.78, 5) is 2.44. The topological polar surface area (TPSA) is 8.17 Å². The molecule has 12 aromatic rings. The van der Waals surface area contributed by atoms with Crippen LogP contribution in [0.2, 0.25) is 0 Å². The van der Waals surface area contributed by atoms with Gasteiger partial charge < -0.3 is 9.47 Å². The number of fused-ring (bicyclic) bond motifs is 3. The van der Waals surface area contributed by atoms with Crippen molar-refractivity contribution in [2.75, 3.05) is 4.90 Å². The van der Waals surface area contributed by atoms with Gasteiger partial charge in [0.05, 0.1) is 22.4 Å². The zero-order chi connectivity index (χ0) is 39.6. The Morgan fingerprint density at radius 3 is 1.38 bits per heavy atom. The largest absolute Gasteiger partial charge is 0.310 e. The van der Waals surface area contributed by atoms with Gasteiger partial charge in [-0.1, -0.05) is 182 Å². The highest BCUT2D eigenvalue weighted by molar-refractivity contribution is 6.27. The fraction of sp³-hybridized carbons (Fsp3) is 0. The van der Waals surface area contributed by atoms with Crippen LogP contribution in [0.15, 0.2) is 231 Å². The zero-order valence-electron chi connectivity index (χ0n) is 32.8. The predicted octanol–water partition coefficient (Wildman–Crippen LogP) is 16.2. The molecule has 0 aliphatic rings. The van der Waals surface area contributed by atoms with Crippen LogP contribution in [0, 0.1) is 0 Å². The number of benzene rings is 11. The van der Waals surface area contributed by atoms with E-state index in [4.69, 9.17) is 0 Å². The number of rotatable bonds is 7. The predicted molar refractivity (Wildman–Crippen MR) is 255 cm³/mol. The van der Waals surface area contributed by atoms with Gasteiger partial charge in [0.2, 0.25) is 0 Å². The maximum Gasteiger partial charge on any atom is 0.0541 e. The van der Waals surface area contributed by atoms with Gasteiger partial charge in [-0.05, 0) is 103 Å². The quantitative estimate of drug-likeness (QED) is 0.147. The fourth-order valence-electron chi connectivity index (χ4n) is 9.51. The van der Waals surface area contributed by atoms with Crippen LogP contribution in [0.25, 0.3) is 93.2 Å². The lowest BCUT2D eigenvalue weighted by atomic mass is 9.92. The van der Waals surface area contributed by atoms with E-state index in [0.717, 1.165) is 17.1 Å². The summed E-state index contributed by atoms with van der Waals surface area (Å²) in [6, 6.07) is 84.2. The van der Waals surface area contributed by atoms with E-state index in [0.29, 0.717) is 0 Å². The highest BCUT2D eigenvalue weighted by Gasteiger charge is 2.21. The van der Waals surface area contributed by atoms with E-state index in [9.17, 15) is 0 Å². The van der Waals surface area contributed by atoms with Crippen LogP contribution in [0.4, 0.5) is 17.1 Å². The van der Waals surface area contributed by atoms with E-state index in [-0.39, 0.29) is 0 Å². The minimum absolute atomic E-state index is 1.10. The van der Waals surface area contributed by atoms with Crippen molar-refractivity contribution in [2.24, 2.45) is 0 Å². The Hall–Kier alpha value is -7.94. The lowest BCUT2D eigenvalue weighted by molar-refractivity contribution is 1.20. The van der Waals surface area contributed by atoms with Crippen LogP contribution < -0.4 is 4.90 Å². The van der Waals surface area contributed by atoms with Crippen molar-refractivity contribution in [3.05, 3.63) is 231 Å². The first-order valence-electron chi connectivity index (χ1n) is 20.7. The Kier molecular flexibility index (Phi) is 7.89. The number of hydrogen-bond acceptors (Lipinski definition) is 1. The van der Waals surface area contributed by atoms with Gasteiger partial charge in [0.15, 0.2) is 0 Å². The van der Waals surface area contributed by atoms with E-state index in [1.165, 1.54) is 93.2 Å². The molecule has 1 aromatic heterocycles. The molecule has 0 bridgehead atoms. The first kappa shape index (κ1) is 34.1. The molecule has 0 amide bonds. The summed E-state index contributed by atoms with van der Waals surface area (Å²) in [6.07, 6.45) is 0. The fourth-order valence-corrected chi connectivity index (χ4v) is 9.51. The molecule has 0 unspecified atom stereocenters.